The third-order valence-corrected chi connectivity index (χ3v) is 5.79. The summed E-state index contributed by atoms with van der Waals surface area (Å²) in [4.78, 5) is 27.6. The summed E-state index contributed by atoms with van der Waals surface area (Å²) in [5, 5.41) is 3.09. The van der Waals surface area contributed by atoms with E-state index in [1.54, 1.807) is 6.92 Å². The van der Waals surface area contributed by atoms with E-state index in [4.69, 9.17) is 9.47 Å². The first-order valence-electron chi connectivity index (χ1n) is 10.4. The minimum Gasteiger partial charge on any atom is -0.454 e. The largest absolute Gasteiger partial charge is 0.454 e. The number of ketones is 1. The van der Waals surface area contributed by atoms with Crippen LogP contribution in [0.2, 0.25) is 0 Å². The Kier molecular flexibility index (Phi) is 5.90. The first kappa shape index (κ1) is 20.2. The highest BCUT2D eigenvalue weighted by Gasteiger charge is 2.24. The number of benzene rings is 2. The lowest BCUT2D eigenvalue weighted by atomic mass is 10.1. The molecule has 0 aromatic heterocycles. The number of fused-ring (bicyclic) bond motifs is 1. The van der Waals surface area contributed by atoms with E-state index in [2.05, 4.69) is 10.2 Å². The number of rotatable bonds is 6. The molecule has 0 unspecified atom stereocenters. The van der Waals surface area contributed by atoms with Crippen LogP contribution in [0, 0.1) is 0 Å². The van der Waals surface area contributed by atoms with Gasteiger partial charge in [0, 0.05) is 11.3 Å². The molecule has 0 saturated carbocycles. The van der Waals surface area contributed by atoms with Crippen molar-refractivity contribution in [1.82, 2.24) is 5.32 Å². The van der Waals surface area contributed by atoms with Crippen LogP contribution >= 0.6 is 0 Å². The Hall–Kier alpha value is -3.06. The molecule has 0 spiro atoms. The molecule has 2 aromatic carbocycles. The predicted octanol–water partition coefficient (Wildman–Crippen LogP) is 1.20. The van der Waals surface area contributed by atoms with Crippen molar-refractivity contribution in [2.75, 3.05) is 44.4 Å². The van der Waals surface area contributed by atoms with Crippen LogP contribution in [0.5, 0.6) is 11.5 Å². The maximum Gasteiger partial charge on any atom is 0.275 e. The monoisotopic (exact) mass is 410 g/mol. The fourth-order valence-corrected chi connectivity index (χ4v) is 3.95. The van der Waals surface area contributed by atoms with Gasteiger partial charge < -0.3 is 24.6 Å². The van der Waals surface area contributed by atoms with E-state index in [9.17, 15) is 9.59 Å². The van der Waals surface area contributed by atoms with E-state index < -0.39 is 0 Å². The normalized spacial score (nSPS) is 16.9. The van der Waals surface area contributed by atoms with Crippen LogP contribution in [0.3, 0.4) is 0 Å². The van der Waals surface area contributed by atoms with E-state index in [1.165, 1.54) is 4.90 Å². The lowest BCUT2D eigenvalue weighted by Gasteiger charge is -2.33. The van der Waals surface area contributed by atoms with Crippen LogP contribution in [-0.4, -0.2) is 51.2 Å². The van der Waals surface area contributed by atoms with Crippen molar-refractivity contribution in [2.45, 2.75) is 19.9 Å². The first-order chi connectivity index (χ1) is 14.5. The van der Waals surface area contributed by atoms with Crippen molar-refractivity contribution in [3.05, 3.63) is 53.6 Å². The Labute approximate surface area is 176 Å². The van der Waals surface area contributed by atoms with Crippen LogP contribution < -0.4 is 24.6 Å². The van der Waals surface area contributed by atoms with Crippen molar-refractivity contribution in [3.8, 4) is 11.5 Å². The van der Waals surface area contributed by atoms with Gasteiger partial charge in [-0.1, -0.05) is 6.07 Å². The molecule has 30 heavy (non-hydrogen) atoms. The van der Waals surface area contributed by atoms with Crippen molar-refractivity contribution < 1.29 is 24.0 Å². The lowest BCUT2D eigenvalue weighted by molar-refractivity contribution is -0.892. The number of hydrogen-bond donors (Lipinski definition) is 2. The molecule has 4 rings (SSSR count). The molecule has 7 nitrogen and oxygen atoms in total. The van der Waals surface area contributed by atoms with E-state index in [-0.39, 0.29) is 24.5 Å². The third-order valence-electron chi connectivity index (χ3n) is 5.79. The van der Waals surface area contributed by atoms with Gasteiger partial charge in [0.25, 0.3) is 5.91 Å². The molecule has 0 bridgehead atoms. The second-order valence-electron chi connectivity index (χ2n) is 7.92. The summed E-state index contributed by atoms with van der Waals surface area (Å²) in [6.07, 6.45) is 0. The zero-order valence-corrected chi connectivity index (χ0v) is 17.4. The number of amides is 1. The smallest absolute Gasteiger partial charge is 0.275 e. The molecule has 1 saturated heterocycles. The predicted molar refractivity (Wildman–Crippen MR) is 113 cm³/mol. The van der Waals surface area contributed by atoms with Crippen LogP contribution in [0.25, 0.3) is 0 Å². The van der Waals surface area contributed by atoms with Crippen LogP contribution in [0.4, 0.5) is 5.69 Å². The van der Waals surface area contributed by atoms with Crippen molar-refractivity contribution in [2.24, 2.45) is 0 Å². The van der Waals surface area contributed by atoms with E-state index in [1.807, 2.05) is 49.4 Å². The van der Waals surface area contributed by atoms with Crippen molar-refractivity contribution in [3.63, 3.8) is 0 Å². The number of piperazine rings is 1. The Morgan fingerprint density at radius 2 is 1.77 bits per heavy atom. The molecule has 0 aliphatic carbocycles. The number of anilines is 1. The average Bonchev–Trinajstić information content (AvgIpc) is 3.22. The van der Waals surface area contributed by atoms with Crippen LogP contribution in [0.15, 0.2) is 42.5 Å². The number of quaternary nitrogens is 1. The van der Waals surface area contributed by atoms with Gasteiger partial charge >= 0.3 is 0 Å². The number of Topliss-reactive ketones (excluding diaryl/α,β-unsaturated/α-hetero) is 1. The van der Waals surface area contributed by atoms with Crippen molar-refractivity contribution in [1.29, 1.82) is 0 Å². The van der Waals surface area contributed by atoms with E-state index >= 15 is 0 Å². The van der Waals surface area contributed by atoms with Gasteiger partial charge in [0.1, 0.15) is 0 Å². The standard InChI is InChI=1S/C23H27N3O4/c1-16(19-5-8-21-22(13-19)30-15-29-21)24-23(28)14-25-9-11-26(12-10-25)20-6-3-18(4-7-20)17(2)27/h3-8,13,16H,9-12,14-15H2,1-2H3,(H,24,28)/p+1/t16-/m1/s1. The van der Waals surface area contributed by atoms with Crippen LogP contribution in [-0.2, 0) is 4.79 Å². The maximum absolute atomic E-state index is 12.5. The zero-order valence-electron chi connectivity index (χ0n) is 17.4. The third kappa shape index (κ3) is 4.57. The molecule has 2 aliphatic rings. The second kappa shape index (κ2) is 8.75. The maximum atomic E-state index is 12.5. The average molecular weight is 410 g/mol. The van der Waals surface area contributed by atoms with Gasteiger partial charge in [0.15, 0.2) is 23.8 Å². The fourth-order valence-electron chi connectivity index (χ4n) is 3.95. The molecule has 0 radical (unpaired) electrons. The van der Waals surface area contributed by atoms with Gasteiger partial charge in [-0.2, -0.15) is 0 Å². The summed E-state index contributed by atoms with van der Waals surface area (Å²) in [6.45, 7) is 7.85. The summed E-state index contributed by atoms with van der Waals surface area (Å²) < 4.78 is 10.8. The number of nitrogens with zero attached hydrogens (tertiary/aromatic N) is 1. The highest BCUT2D eigenvalue weighted by molar-refractivity contribution is 5.94. The van der Waals surface area contributed by atoms with Gasteiger partial charge in [0.05, 0.1) is 32.2 Å². The Morgan fingerprint density at radius 3 is 2.47 bits per heavy atom. The molecule has 2 aromatic rings. The summed E-state index contributed by atoms with van der Waals surface area (Å²) in [7, 11) is 0. The number of carbonyl (C=O) groups excluding carboxylic acids is 2. The van der Waals surface area contributed by atoms with Gasteiger partial charge in [-0.15, -0.1) is 0 Å². The fraction of sp³-hybridized carbons (Fsp3) is 0.391. The molecule has 2 aliphatic heterocycles. The SMILES string of the molecule is CC(=O)c1ccc(N2CC[NH+](CC(=O)N[C@H](C)c3ccc4c(c3)OCO4)CC2)cc1. The number of hydrogen-bond acceptors (Lipinski definition) is 5. The van der Waals surface area contributed by atoms with Crippen molar-refractivity contribution >= 4 is 17.4 Å². The summed E-state index contributed by atoms with van der Waals surface area (Å²) in [6, 6.07) is 13.4. The second-order valence-corrected chi connectivity index (χ2v) is 7.92. The molecular formula is C23H28N3O4+. The Bertz CT molecular complexity index is 921. The molecule has 2 heterocycles. The summed E-state index contributed by atoms with van der Waals surface area (Å²) in [5.74, 6) is 1.61. The summed E-state index contributed by atoms with van der Waals surface area (Å²) in [5.41, 5.74) is 2.86. The quantitative estimate of drug-likeness (QED) is 0.701. The molecule has 158 valence electrons. The molecule has 7 heteroatoms. The topological polar surface area (TPSA) is 72.3 Å². The lowest BCUT2D eigenvalue weighted by Crippen LogP contribution is -3.15. The zero-order chi connectivity index (χ0) is 21.1. The highest BCUT2D eigenvalue weighted by Crippen LogP contribution is 2.34. The first-order valence-corrected chi connectivity index (χ1v) is 10.4. The van der Waals surface area contributed by atoms with Gasteiger partial charge in [-0.3, -0.25) is 9.59 Å². The van der Waals surface area contributed by atoms with E-state index in [0.717, 1.165) is 54.5 Å². The molecule has 1 amide bonds. The van der Waals surface area contributed by atoms with Gasteiger partial charge in [-0.25, -0.2) is 0 Å². The van der Waals surface area contributed by atoms with Crippen LogP contribution in [0.1, 0.15) is 35.8 Å². The number of carbonyl (C=O) groups is 2. The number of nitrogens with one attached hydrogen (secondary N) is 2. The summed E-state index contributed by atoms with van der Waals surface area (Å²) >= 11 is 0. The molecule has 1 fully saturated rings. The van der Waals surface area contributed by atoms with E-state index in [0.29, 0.717) is 6.54 Å². The Morgan fingerprint density at radius 1 is 1.07 bits per heavy atom. The molecule has 2 N–H and O–H groups in total. The molecule has 1 atom stereocenters. The number of ether oxygens (including phenoxy) is 2. The highest BCUT2D eigenvalue weighted by atomic mass is 16.7. The molecular weight excluding hydrogens is 382 g/mol. The van der Waals surface area contributed by atoms with Gasteiger partial charge in [0.2, 0.25) is 6.79 Å². The van der Waals surface area contributed by atoms with Gasteiger partial charge in [-0.05, 0) is 55.8 Å². The minimum atomic E-state index is -0.0903. The minimum absolute atomic E-state index is 0.0504. The Balaban J connectivity index is 1.25.